The van der Waals surface area contributed by atoms with Crippen LogP contribution in [-0.4, -0.2) is 43.5 Å². The fraction of sp³-hybridized carbons (Fsp3) is 0.125. The molecule has 2 aromatic heterocycles. The first-order valence-corrected chi connectivity index (χ1v) is 9.91. The van der Waals surface area contributed by atoms with Crippen molar-refractivity contribution in [1.82, 2.24) is 4.40 Å². The van der Waals surface area contributed by atoms with Gasteiger partial charge in [-0.25, -0.2) is 9.59 Å². The molecule has 7 nitrogen and oxygen atoms in total. The lowest BCUT2D eigenvalue weighted by atomic mass is 10.0. The Balaban J connectivity index is 2.18. The zero-order chi connectivity index (χ0) is 23.0. The highest BCUT2D eigenvalue weighted by atomic mass is 35.5. The van der Waals surface area contributed by atoms with Gasteiger partial charge in [-0.3, -0.25) is 4.79 Å². The van der Waals surface area contributed by atoms with Gasteiger partial charge in [0.05, 0.1) is 32.4 Å². The third kappa shape index (κ3) is 3.36. The van der Waals surface area contributed by atoms with Crippen LogP contribution in [0.2, 0.25) is 5.02 Å². The zero-order valence-electron chi connectivity index (χ0n) is 17.5. The molecule has 8 heteroatoms. The maximum absolute atomic E-state index is 13.7. The monoisotopic (exact) mass is 451 g/mol. The number of rotatable bonds is 5. The van der Waals surface area contributed by atoms with Crippen molar-refractivity contribution in [2.45, 2.75) is 0 Å². The fourth-order valence-electron chi connectivity index (χ4n) is 3.73. The summed E-state index contributed by atoms with van der Waals surface area (Å²) < 4.78 is 16.7. The van der Waals surface area contributed by atoms with E-state index >= 15 is 0 Å². The first-order valence-electron chi connectivity index (χ1n) is 9.53. The molecule has 0 saturated carbocycles. The van der Waals surface area contributed by atoms with Crippen LogP contribution in [0.1, 0.15) is 36.8 Å². The topological polar surface area (TPSA) is 83.3 Å². The van der Waals surface area contributed by atoms with Gasteiger partial charge in [0.25, 0.3) is 0 Å². The highest BCUT2D eigenvalue weighted by molar-refractivity contribution is 6.30. The first-order chi connectivity index (χ1) is 15.4. The van der Waals surface area contributed by atoms with E-state index in [0.717, 1.165) is 5.39 Å². The fourth-order valence-corrected chi connectivity index (χ4v) is 3.85. The Bertz CT molecular complexity index is 1390. The average Bonchev–Trinajstić information content (AvgIpc) is 3.18. The molecule has 0 aliphatic heterocycles. The minimum Gasteiger partial charge on any atom is -0.497 e. The summed E-state index contributed by atoms with van der Waals surface area (Å²) in [6.45, 7) is 0. The Morgan fingerprint density at radius 3 is 2.03 bits per heavy atom. The number of halogens is 1. The second-order valence-electron chi connectivity index (χ2n) is 6.90. The standard InChI is InChI=1S/C24H18ClNO6/c1-30-16-9-11-17-14(12-16)6-10-18-19(23(28)31-2)20(24(29)32-3)21(26(17)18)22(27)13-4-7-15(25)8-5-13/h4-12H,1-3H3. The van der Waals surface area contributed by atoms with Crippen molar-refractivity contribution in [3.05, 3.63) is 82.0 Å². The number of fused-ring (bicyclic) bond motifs is 3. The second-order valence-corrected chi connectivity index (χ2v) is 7.33. The van der Waals surface area contributed by atoms with Crippen LogP contribution >= 0.6 is 11.6 Å². The van der Waals surface area contributed by atoms with Gasteiger partial charge in [-0.1, -0.05) is 17.7 Å². The molecule has 0 aliphatic carbocycles. The van der Waals surface area contributed by atoms with E-state index in [4.69, 9.17) is 25.8 Å². The molecule has 0 aliphatic rings. The molecule has 0 fully saturated rings. The lowest BCUT2D eigenvalue weighted by molar-refractivity contribution is 0.0556. The van der Waals surface area contributed by atoms with Crippen molar-refractivity contribution in [2.24, 2.45) is 0 Å². The summed E-state index contributed by atoms with van der Waals surface area (Å²) in [5, 5.41) is 1.20. The number of aromatic nitrogens is 1. The largest absolute Gasteiger partial charge is 0.497 e. The minimum absolute atomic E-state index is 0.00895. The lowest BCUT2D eigenvalue weighted by Crippen LogP contribution is -2.15. The van der Waals surface area contributed by atoms with Gasteiger partial charge in [0, 0.05) is 16.0 Å². The molecule has 0 atom stereocenters. The summed E-state index contributed by atoms with van der Waals surface area (Å²) in [6.07, 6.45) is 0. The van der Waals surface area contributed by atoms with Gasteiger partial charge in [-0.05, 0) is 48.5 Å². The maximum atomic E-state index is 13.7. The van der Waals surface area contributed by atoms with Gasteiger partial charge in [-0.2, -0.15) is 0 Å². The summed E-state index contributed by atoms with van der Waals surface area (Å²) in [7, 11) is 3.94. The highest BCUT2D eigenvalue weighted by Crippen LogP contribution is 2.32. The van der Waals surface area contributed by atoms with Crippen molar-refractivity contribution in [2.75, 3.05) is 21.3 Å². The van der Waals surface area contributed by atoms with E-state index in [1.165, 1.54) is 14.2 Å². The molecule has 2 heterocycles. The summed E-state index contributed by atoms with van der Waals surface area (Å²) in [5.74, 6) is -1.44. The van der Waals surface area contributed by atoms with Crippen molar-refractivity contribution in [3.8, 4) is 5.75 Å². The van der Waals surface area contributed by atoms with Crippen LogP contribution < -0.4 is 4.74 Å². The molecule has 4 rings (SSSR count). The third-order valence-electron chi connectivity index (χ3n) is 5.20. The molecule has 0 saturated heterocycles. The average molecular weight is 452 g/mol. The molecule has 0 N–H and O–H groups in total. The normalized spacial score (nSPS) is 10.9. The van der Waals surface area contributed by atoms with E-state index < -0.39 is 17.7 Å². The Kier molecular flexibility index (Phi) is 5.59. The van der Waals surface area contributed by atoms with E-state index in [1.54, 1.807) is 66.1 Å². The van der Waals surface area contributed by atoms with Crippen molar-refractivity contribution in [3.63, 3.8) is 0 Å². The van der Waals surface area contributed by atoms with E-state index in [9.17, 15) is 14.4 Å². The molecule has 0 radical (unpaired) electrons. The van der Waals surface area contributed by atoms with E-state index in [-0.39, 0.29) is 16.8 Å². The number of carbonyl (C=O) groups is 3. The molecule has 0 bridgehead atoms. The Morgan fingerprint density at radius 1 is 0.781 bits per heavy atom. The number of ketones is 1. The zero-order valence-corrected chi connectivity index (χ0v) is 18.2. The number of esters is 2. The van der Waals surface area contributed by atoms with Gasteiger partial charge in [-0.15, -0.1) is 0 Å². The predicted molar refractivity (Wildman–Crippen MR) is 119 cm³/mol. The van der Waals surface area contributed by atoms with Crippen molar-refractivity contribution < 1.29 is 28.6 Å². The number of benzene rings is 2. The summed E-state index contributed by atoms with van der Waals surface area (Å²) >= 11 is 5.97. The predicted octanol–water partition coefficient (Wildman–Crippen LogP) is 4.56. The minimum atomic E-state index is -0.826. The molecular weight excluding hydrogens is 434 g/mol. The highest BCUT2D eigenvalue weighted by Gasteiger charge is 2.33. The first kappa shape index (κ1) is 21.4. The summed E-state index contributed by atoms with van der Waals surface area (Å²) in [6, 6.07) is 15.0. The van der Waals surface area contributed by atoms with Gasteiger partial charge in [0.2, 0.25) is 5.78 Å². The quantitative estimate of drug-likeness (QED) is 0.327. The van der Waals surface area contributed by atoms with Crippen molar-refractivity contribution in [1.29, 1.82) is 0 Å². The molecule has 0 unspecified atom stereocenters. The van der Waals surface area contributed by atoms with Crippen LogP contribution in [0.15, 0.2) is 54.6 Å². The number of pyridine rings is 1. The number of nitrogens with zero attached hydrogens (tertiary/aromatic N) is 1. The van der Waals surface area contributed by atoms with Crippen LogP contribution in [0.25, 0.3) is 16.4 Å². The summed E-state index contributed by atoms with van der Waals surface area (Å²) in [5.41, 5.74) is 1.01. The number of hydrogen-bond acceptors (Lipinski definition) is 6. The molecule has 162 valence electrons. The Hall–Kier alpha value is -3.84. The Morgan fingerprint density at radius 2 is 1.41 bits per heavy atom. The smallest absolute Gasteiger partial charge is 0.341 e. The van der Waals surface area contributed by atoms with E-state index in [2.05, 4.69) is 0 Å². The van der Waals surface area contributed by atoms with Gasteiger partial charge in [0.15, 0.2) is 0 Å². The van der Waals surface area contributed by atoms with Crippen LogP contribution in [0, 0.1) is 0 Å². The number of carbonyl (C=O) groups excluding carboxylic acids is 3. The molecule has 4 aromatic rings. The SMILES string of the molecule is COC(=O)c1c(C(=O)OC)c2ccc3cc(OC)ccc3n2c1C(=O)c1ccc(Cl)cc1. The number of ether oxygens (including phenoxy) is 3. The number of hydrogen-bond donors (Lipinski definition) is 0. The Labute approximate surface area is 188 Å². The number of methoxy groups -OCH3 is 3. The second kappa shape index (κ2) is 8.36. The third-order valence-corrected chi connectivity index (χ3v) is 5.46. The maximum Gasteiger partial charge on any atom is 0.341 e. The lowest BCUT2D eigenvalue weighted by Gasteiger charge is -2.10. The molecule has 0 amide bonds. The van der Waals surface area contributed by atoms with Crippen LogP contribution in [0.3, 0.4) is 0 Å². The van der Waals surface area contributed by atoms with Gasteiger partial charge in [0.1, 0.15) is 22.6 Å². The van der Waals surface area contributed by atoms with Crippen LogP contribution in [0.5, 0.6) is 5.75 Å². The van der Waals surface area contributed by atoms with Crippen LogP contribution in [0.4, 0.5) is 0 Å². The molecular formula is C24H18ClNO6. The van der Waals surface area contributed by atoms with Crippen LogP contribution in [-0.2, 0) is 9.47 Å². The van der Waals surface area contributed by atoms with E-state index in [0.29, 0.717) is 27.4 Å². The molecule has 2 aromatic carbocycles. The summed E-state index contributed by atoms with van der Waals surface area (Å²) in [4.78, 5) is 39.2. The van der Waals surface area contributed by atoms with E-state index in [1.807, 2.05) is 0 Å². The van der Waals surface area contributed by atoms with Gasteiger partial charge < -0.3 is 18.6 Å². The molecule has 0 spiro atoms. The molecule has 32 heavy (non-hydrogen) atoms. The van der Waals surface area contributed by atoms with Crippen molar-refractivity contribution >= 4 is 45.7 Å². The van der Waals surface area contributed by atoms with Gasteiger partial charge >= 0.3 is 11.9 Å².